The SMILES string of the molecule is O.O.O.O.O.O.O.O.O=C1C=CCCC1. The van der Waals surface area contributed by atoms with Gasteiger partial charge in [0.05, 0.1) is 0 Å². The highest BCUT2D eigenvalue weighted by atomic mass is 16.1. The predicted molar refractivity (Wildman–Crippen MR) is 56.9 cm³/mol. The van der Waals surface area contributed by atoms with Gasteiger partial charge >= 0.3 is 0 Å². The van der Waals surface area contributed by atoms with Gasteiger partial charge in [0.1, 0.15) is 0 Å². The van der Waals surface area contributed by atoms with E-state index in [0.29, 0.717) is 0 Å². The van der Waals surface area contributed by atoms with E-state index in [2.05, 4.69) is 0 Å². The van der Waals surface area contributed by atoms with Crippen LogP contribution in [0.5, 0.6) is 0 Å². The molecule has 0 aliphatic heterocycles. The summed E-state index contributed by atoms with van der Waals surface area (Å²) in [6.45, 7) is 0. The maximum absolute atomic E-state index is 10.4. The van der Waals surface area contributed by atoms with Crippen molar-refractivity contribution in [3.63, 3.8) is 0 Å². The molecule has 0 bridgehead atoms. The molecule has 0 fully saturated rings. The summed E-state index contributed by atoms with van der Waals surface area (Å²) in [6, 6.07) is 0. The van der Waals surface area contributed by atoms with Gasteiger partial charge in [0.2, 0.25) is 0 Å². The first kappa shape index (κ1) is 65.1. The van der Waals surface area contributed by atoms with Gasteiger partial charge in [-0.2, -0.15) is 0 Å². The van der Waals surface area contributed by atoms with E-state index in [1.54, 1.807) is 6.08 Å². The molecule has 1 rings (SSSR count). The molecule has 0 unspecified atom stereocenters. The summed E-state index contributed by atoms with van der Waals surface area (Å²) in [5.41, 5.74) is 0. The fourth-order valence-corrected chi connectivity index (χ4v) is 0.692. The molecule has 9 nitrogen and oxygen atoms in total. The van der Waals surface area contributed by atoms with Crippen LogP contribution in [-0.2, 0) is 4.79 Å². The minimum absolute atomic E-state index is 0. The van der Waals surface area contributed by atoms with E-state index in [1.165, 1.54) is 0 Å². The van der Waals surface area contributed by atoms with Crippen LogP contribution >= 0.6 is 0 Å². The van der Waals surface area contributed by atoms with Gasteiger partial charge in [0.15, 0.2) is 5.78 Å². The molecule has 1 aliphatic rings. The van der Waals surface area contributed by atoms with Gasteiger partial charge in [0.25, 0.3) is 0 Å². The second-order valence-corrected chi connectivity index (χ2v) is 1.76. The Hall–Kier alpha value is -0.910. The minimum Gasteiger partial charge on any atom is -0.412 e. The largest absolute Gasteiger partial charge is 0.412 e. The summed E-state index contributed by atoms with van der Waals surface area (Å²) < 4.78 is 0. The first-order chi connectivity index (χ1) is 3.39. The lowest BCUT2D eigenvalue weighted by atomic mass is 10.1. The maximum Gasteiger partial charge on any atom is 0.155 e. The fourth-order valence-electron chi connectivity index (χ4n) is 0.692. The first-order valence-electron chi connectivity index (χ1n) is 2.59. The Morgan fingerprint density at radius 3 is 1.33 bits per heavy atom. The lowest BCUT2D eigenvalue weighted by Gasteiger charge is -1.97. The Labute approximate surface area is 86.9 Å². The number of carbonyl (C=O) groups is 1. The molecule has 16 N–H and O–H groups in total. The van der Waals surface area contributed by atoms with Crippen LogP contribution < -0.4 is 0 Å². The zero-order chi connectivity index (χ0) is 5.11. The molecule has 15 heavy (non-hydrogen) atoms. The summed E-state index contributed by atoms with van der Waals surface area (Å²) in [7, 11) is 0. The van der Waals surface area contributed by atoms with Gasteiger partial charge in [-0.25, -0.2) is 0 Å². The molecular weight excluding hydrogens is 216 g/mol. The summed E-state index contributed by atoms with van der Waals surface area (Å²) in [5.74, 6) is 0.284. The highest BCUT2D eigenvalue weighted by molar-refractivity contribution is 5.90. The Morgan fingerprint density at radius 2 is 1.20 bits per heavy atom. The molecule has 0 saturated heterocycles. The van der Waals surface area contributed by atoms with E-state index >= 15 is 0 Å². The van der Waals surface area contributed by atoms with Gasteiger partial charge in [-0.3, -0.25) is 4.79 Å². The molecule has 0 spiro atoms. The van der Waals surface area contributed by atoms with Crippen LogP contribution in [0.15, 0.2) is 12.2 Å². The summed E-state index contributed by atoms with van der Waals surface area (Å²) in [6.07, 6.45) is 6.51. The van der Waals surface area contributed by atoms with Gasteiger partial charge in [-0.05, 0) is 18.9 Å². The number of rotatable bonds is 0. The maximum atomic E-state index is 10.4. The lowest BCUT2D eigenvalue weighted by molar-refractivity contribution is -0.114. The third-order valence-electron chi connectivity index (χ3n) is 1.10. The molecule has 0 aromatic carbocycles. The summed E-state index contributed by atoms with van der Waals surface area (Å²) in [5, 5.41) is 0. The van der Waals surface area contributed by atoms with Crippen molar-refractivity contribution in [1.82, 2.24) is 0 Å². The van der Waals surface area contributed by atoms with E-state index in [-0.39, 0.29) is 49.6 Å². The standard InChI is InChI=1S/C6H8O.8H2O/c7-6-4-2-1-3-5-6;;;;;;;;/h2,4H,1,3,5H2;8*1H2. The molecule has 0 aromatic heterocycles. The molecule has 9 heteroatoms. The zero-order valence-corrected chi connectivity index (χ0v) is 8.18. The highest BCUT2D eigenvalue weighted by Gasteiger charge is 1.98. The van der Waals surface area contributed by atoms with Crippen molar-refractivity contribution in [3.8, 4) is 0 Å². The topological polar surface area (TPSA) is 269 Å². The zero-order valence-electron chi connectivity index (χ0n) is 8.18. The molecule has 0 amide bonds. The third kappa shape index (κ3) is 32.0. The van der Waals surface area contributed by atoms with Crippen molar-refractivity contribution in [2.45, 2.75) is 19.3 Å². The lowest BCUT2D eigenvalue weighted by Crippen LogP contribution is -1.95. The Kier molecular flexibility index (Phi) is 165. The second kappa shape index (κ2) is 38.1. The molecule has 0 aromatic rings. The van der Waals surface area contributed by atoms with Crippen molar-refractivity contribution in [1.29, 1.82) is 0 Å². The van der Waals surface area contributed by atoms with Crippen molar-refractivity contribution in [3.05, 3.63) is 12.2 Å². The van der Waals surface area contributed by atoms with E-state index < -0.39 is 0 Å². The molecule has 102 valence electrons. The van der Waals surface area contributed by atoms with Gasteiger partial charge < -0.3 is 43.8 Å². The van der Waals surface area contributed by atoms with Crippen molar-refractivity contribution < 1.29 is 48.6 Å². The van der Waals surface area contributed by atoms with Gasteiger partial charge in [0, 0.05) is 6.42 Å². The average Bonchev–Trinajstić information content (AvgIpc) is 1.69. The van der Waals surface area contributed by atoms with E-state index in [0.717, 1.165) is 19.3 Å². The number of carbonyl (C=O) groups excluding carboxylic acids is 1. The number of ketones is 1. The van der Waals surface area contributed by atoms with Crippen LogP contribution in [0.4, 0.5) is 0 Å². The first-order valence-corrected chi connectivity index (χ1v) is 2.59. The molecule has 0 saturated carbocycles. The van der Waals surface area contributed by atoms with Crippen LogP contribution in [0.2, 0.25) is 0 Å². The second-order valence-electron chi connectivity index (χ2n) is 1.76. The van der Waals surface area contributed by atoms with E-state index in [4.69, 9.17) is 0 Å². The van der Waals surface area contributed by atoms with Crippen LogP contribution in [0.3, 0.4) is 0 Å². The Balaban J connectivity index is -0.0000000102. The van der Waals surface area contributed by atoms with Crippen molar-refractivity contribution in [2.75, 3.05) is 0 Å². The third-order valence-corrected chi connectivity index (χ3v) is 1.10. The number of hydrogen-bond donors (Lipinski definition) is 0. The monoisotopic (exact) mass is 240 g/mol. The fraction of sp³-hybridized carbons (Fsp3) is 0.500. The molecule has 1 aliphatic carbocycles. The molecule has 0 radical (unpaired) electrons. The van der Waals surface area contributed by atoms with Gasteiger partial charge in [-0.15, -0.1) is 0 Å². The summed E-state index contributed by atoms with van der Waals surface area (Å²) in [4.78, 5) is 10.4. The average molecular weight is 240 g/mol. The van der Waals surface area contributed by atoms with Crippen LogP contribution in [0.25, 0.3) is 0 Å². The van der Waals surface area contributed by atoms with Crippen LogP contribution in [-0.4, -0.2) is 49.6 Å². The summed E-state index contributed by atoms with van der Waals surface area (Å²) >= 11 is 0. The van der Waals surface area contributed by atoms with Crippen molar-refractivity contribution in [2.24, 2.45) is 0 Å². The minimum atomic E-state index is 0. The normalized spacial score (nSPS) is 9.47. The predicted octanol–water partition coefficient (Wildman–Crippen LogP) is -5.30. The number of hydrogen-bond acceptors (Lipinski definition) is 1. The Morgan fingerprint density at radius 1 is 0.800 bits per heavy atom. The quantitative estimate of drug-likeness (QED) is 0.393. The smallest absolute Gasteiger partial charge is 0.155 e. The highest BCUT2D eigenvalue weighted by Crippen LogP contribution is 2.04. The molecular formula is C6H24O9. The van der Waals surface area contributed by atoms with Crippen LogP contribution in [0, 0.1) is 0 Å². The molecule has 0 atom stereocenters. The molecule has 0 heterocycles. The van der Waals surface area contributed by atoms with Crippen LogP contribution in [0.1, 0.15) is 19.3 Å². The van der Waals surface area contributed by atoms with Crippen molar-refractivity contribution >= 4 is 5.78 Å². The Bertz CT molecular complexity index is 113. The number of allylic oxidation sites excluding steroid dienone is 2. The van der Waals surface area contributed by atoms with E-state index in [9.17, 15) is 4.79 Å². The van der Waals surface area contributed by atoms with Gasteiger partial charge in [-0.1, -0.05) is 6.08 Å². The van der Waals surface area contributed by atoms with E-state index in [1.807, 2.05) is 6.08 Å².